The van der Waals surface area contributed by atoms with Crippen LogP contribution in [0.2, 0.25) is 0 Å². The van der Waals surface area contributed by atoms with Crippen LogP contribution in [0.5, 0.6) is 0 Å². The van der Waals surface area contributed by atoms with Gasteiger partial charge in [0.1, 0.15) is 0 Å². The predicted molar refractivity (Wildman–Crippen MR) is 179 cm³/mol. The van der Waals surface area contributed by atoms with Gasteiger partial charge >= 0.3 is 5.97 Å². The Balaban J connectivity index is 3.15. The van der Waals surface area contributed by atoms with Gasteiger partial charge in [0.05, 0.1) is 6.61 Å². The van der Waals surface area contributed by atoms with Crippen molar-refractivity contribution < 1.29 is 9.53 Å². The highest BCUT2D eigenvalue weighted by atomic mass is 16.5. The number of allylic oxidation sites excluding steroid dienone is 2. The van der Waals surface area contributed by atoms with E-state index in [9.17, 15) is 4.79 Å². The summed E-state index contributed by atoms with van der Waals surface area (Å²) in [5.74, 6) is 0.898. The smallest absolute Gasteiger partial charge is 0.305 e. The second-order valence-corrected chi connectivity index (χ2v) is 13.0. The SMILES string of the molecule is CCCCC=CCCCCCCCC(=O)OCCCCCCCCCCCCCCCCCCCCCC(C)C. The summed E-state index contributed by atoms with van der Waals surface area (Å²) in [4.78, 5) is 11.9. The largest absolute Gasteiger partial charge is 0.466 e. The third-order valence-corrected chi connectivity index (χ3v) is 8.33. The van der Waals surface area contributed by atoms with Gasteiger partial charge < -0.3 is 4.74 Å². The minimum Gasteiger partial charge on any atom is -0.466 e. The van der Waals surface area contributed by atoms with Crippen molar-refractivity contribution in [2.75, 3.05) is 6.61 Å². The summed E-state index contributed by atoms with van der Waals surface area (Å²) >= 11 is 0. The molecule has 0 rings (SSSR count). The molecule has 2 nitrogen and oxygen atoms in total. The second-order valence-electron chi connectivity index (χ2n) is 13.0. The Morgan fingerprint density at radius 2 is 0.875 bits per heavy atom. The minimum atomic E-state index is 0.0155. The molecule has 0 heterocycles. The molecule has 0 fully saturated rings. The zero-order valence-electron chi connectivity index (χ0n) is 28.0. The molecule has 0 saturated heterocycles. The fraction of sp³-hybridized carbons (Fsp3) is 0.921. The van der Waals surface area contributed by atoms with Gasteiger partial charge in [0.25, 0.3) is 0 Å². The highest BCUT2D eigenvalue weighted by Crippen LogP contribution is 2.16. The van der Waals surface area contributed by atoms with Crippen LogP contribution < -0.4 is 0 Å². The first kappa shape index (κ1) is 39.2. The third kappa shape index (κ3) is 35.2. The van der Waals surface area contributed by atoms with Crippen LogP contribution in [0.3, 0.4) is 0 Å². The van der Waals surface area contributed by atoms with Crippen LogP contribution in [0, 0.1) is 5.92 Å². The predicted octanol–water partition coefficient (Wildman–Crippen LogP) is 13.5. The van der Waals surface area contributed by atoms with Gasteiger partial charge in [-0.05, 0) is 38.0 Å². The molecule has 0 saturated carbocycles. The number of ether oxygens (including phenoxy) is 1. The van der Waals surface area contributed by atoms with E-state index >= 15 is 0 Å². The number of rotatable bonds is 33. The highest BCUT2D eigenvalue weighted by Gasteiger charge is 2.02. The van der Waals surface area contributed by atoms with Gasteiger partial charge in [-0.1, -0.05) is 187 Å². The molecule has 0 spiro atoms. The van der Waals surface area contributed by atoms with Crippen LogP contribution in [0.15, 0.2) is 12.2 Å². The van der Waals surface area contributed by atoms with Gasteiger partial charge in [-0.2, -0.15) is 0 Å². The second kappa shape index (κ2) is 34.4. The van der Waals surface area contributed by atoms with Crippen molar-refractivity contribution in [3.05, 3.63) is 12.2 Å². The molecule has 0 aromatic rings. The fourth-order valence-electron chi connectivity index (χ4n) is 5.54. The minimum absolute atomic E-state index is 0.0155. The van der Waals surface area contributed by atoms with E-state index in [1.807, 2.05) is 0 Å². The average Bonchev–Trinajstić information content (AvgIpc) is 2.94. The van der Waals surface area contributed by atoms with Crippen LogP contribution in [-0.2, 0) is 9.53 Å². The van der Waals surface area contributed by atoms with Gasteiger partial charge in [-0.25, -0.2) is 0 Å². The van der Waals surface area contributed by atoms with Gasteiger partial charge in [-0.3, -0.25) is 4.79 Å². The molecule has 0 aliphatic rings. The van der Waals surface area contributed by atoms with E-state index in [1.165, 1.54) is 167 Å². The van der Waals surface area contributed by atoms with Gasteiger partial charge in [-0.15, -0.1) is 0 Å². The maximum Gasteiger partial charge on any atom is 0.305 e. The Bertz CT molecular complexity index is 510. The molecule has 40 heavy (non-hydrogen) atoms. The number of hydrogen-bond donors (Lipinski definition) is 0. The lowest BCUT2D eigenvalue weighted by atomic mass is 10.0. The Labute approximate surface area is 253 Å². The summed E-state index contributed by atoms with van der Waals surface area (Å²) in [7, 11) is 0. The fourth-order valence-corrected chi connectivity index (χ4v) is 5.54. The molecular weight excluding hydrogens is 488 g/mol. The summed E-state index contributed by atoms with van der Waals surface area (Å²) in [6.45, 7) is 7.55. The summed E-state index contributed by atoms with van der Waals surface area (Å²) < 4.78 is 5.43. The van der Waals surface area contributed by atoms with Crippen molar-refractivity contribution >= 4 is 5.97 Å². The molecule has 2 heteroatoms. The Hall–Kier alpha value is -0.790. The number of carbonyl (C=O) groups is 1. The number of carbonyl (C=O) groups excluding carboxylic acids is 1. The first-order valence-corrected chi connectivity index (χ1v) is 18.5. The first-order chi connectivity index (χ1) is 19.7. The van der Waals surface area contributed by atoms with E-state index in [1.54, 1.807) is 0 Å². The van der Waals surface area contributed by atoms with Crippen molar-refractivity contribution in [3.63, 3.8) is 0 Å². The molecule has 0 aliphatic carbocycles. The molecule has 0 radical (unpaired) electrons. The summed E-state index contributed by atoms with van der Waals surface area (Å²) in [5, 5.41) is 0. The molecule has 0 atom stereocenters. The quantitative estimate of drug-likeness (QED) is 0.0451. The van der Waals surface area contributed by atoms with E-state index < -0.39 is 0 Å². The summed E-state index contributed by atoms with van der Waals surface area (Å²) in [6, 6.07) is 0. The molecule has 0 aliphatic heterocycles. The van der Waals surface area contributed by atoms with Crippen LogP contribution in [0.25, 0.3) is 0 Å². The molecule has 0 bridgehead atoms. The Kier molecular flexibility index (Phi) is 33.7. The lowest BCUT2D eigenvalue weighted by Crippen LogP contribution is -2.05. The van der Waals surface area contributed by atoms with Gasteiger partial charge in [0, 0.05) is 6.42 Å². The van der Waals surface area contributed by atoms with Crippen LogP contribution in [-0.4, -0.2) is 12.6 Å². The average molecular weight is 563 g/mol. The molecule has 0 unspecified atom stereocenters. The zero-order valence-corrected chi connectivity index (χ0v) is 28.0. The van der Waals surface area contributed by atoms with Crippen molar-refractivity contribution in [2.24, 2.45) is 5.92 Å². The maximum absolute atomic E-state index is 11.9. The van der Waals surface area contributed by atoms with E-state index in [0.29, 0.717) is 13.0 Å². The number of unbranched alkanes of at least 4 members (excludes halogenated alkanes) is 25. The number of esters is 1. The molecular formula is C38H74O2. The van der Waals surface area contributed by atoms with E-state index in [0.717, 1.165) is 25.2 Å². The van der Waals surface area contributed by atoms with Crippen molar-refractivity contribution in [1.82, 2.24) is 0 Å². The van der Waals surface area contributed by atoms with Gasteiger partial charge in [0.2, 0.25) is 0 Å². The Morgan fingerprint density at radius 3 is 1.32 bits per heavy atom. The monoisotopic (exact) mass is 563 g/mol. The first-order valence-electron chi connectivity index (χ1n) is 18.5. The van der Waals surface area contributed by atoms with Crippen molar-refractivity contribution in [3.8, 4) is 0 Å². The lowest BCUT2D eigenvalue weighted by molar-refractivity contribution is -0.143. The topological polar surface area (TPSA) is 26.3 Å². The van der Waals surface area contributed by atoms with Crippen LogP contribution in [0.4, 0.5) is 0 Å². The van der Waals surface area contributed by atoms with Gasteiger partial charge in [0.15, 0.2) is 0 Å². The lowest BCUT2D eigenvalue weighted by Gasteiger charge is -2.06. The molecule has 238 valence electrons. The zero-order chi connectivity index (χ0) is 29.2. The normalized spacial score (nSPS) is 11.7. The standard InChI is InChI=1S/C38H74O2/c1-4-5-6-7-8-9-19-23-26-29-32-35-38(39)40-36-33-30-27-24-21-18-16-14-12-10-11-13-15-17-20-22-25-28-31-34-37(2)3/h7-8,37H,4-6,9-36H2,1-3H3. The van der Waals surface area contributed by atoms with E-state index in [4.69, 9.17) is 4.74 Å². The van der Waals surface area contributed by atoms with Crippen LogP contribution >= 0.6 is 0 Å². The Morgan fingerprint density at radius 1 is 0.500 bits per heavy atom. The summed E-state index contributed by atoms with van der Waals surface area (Å²) in [5.41, 5.74) is 0. The van der Waals surface area contributed by atoms with Crippen molar-refractivity contribution in [2.45, 2.75) is 213 Å². The maximum atomic E-state index is 11.9. The summed E-state index contributed by atoms with van der Waals surface area (Å²) in [6.07, 6.45) is 44.2. The number of hydrogen-bond acceptors (Lipinski definition) is 2. The molecule has 0 amide bonds. The van der Waals surface area contributed by atoms with Crippen molar-refractivity contribution in [1.29, 1.82) is 0 Å². The van der Waals surface area contributed by atoms with Crippen LogP contribution in [0.1, 0.15) is 213 Å². The third-order valence-electron chi connectivity index (χ3n) is 8.33. The highest BCUT2D eigenvalue weighted by molar-refractivity contribution is 5.69. The molecule has 0 aromatic carbocycles. The molecule has 0 N–H and O–H groups in total. The molecule has 0 aromatic heterocycles. The van der Waals surface area contributed by atoms with E-state index in [2.05, 4.69) is 32.9 Å². The van der Waals surface area contributed by atoms with E-state index in [-0.39, 0.29) is 5.97 Å².